The van der Waals surface area contributed by atoms with Crippen molar-refractivity contribution < 1.29 is 5.11 Å². The second-order valence-corrected chi connectivity index (χ2v) is 7.72. The third-order valence-electron chi connectivity index (χ3n) is 6.12. The highest BCUT2D eigenvalue weighted by atomic mass is 16.3. The van der Waals surface area contributed by atoms with Crippen LogP contribution in [0.4, 0.5) is 0 Å². The molecular weight excluding hydrogens is 336 g/mol. The number of fused-ring (bicyclic) bond motifs is 3. The lowest BCUT2D eigenvalue weighted by Gasteiger charge is -2.44. The van der Waals surface area contributed by atoms with E-state index in [9.17, 15) is 5.11 Å². The lowest BCUT2D eigenvalue weighted by atomic mass is 9.84. The van der Waals surface area contributed by atoms with Crippen molar-refractivity contribution in [3.8, 4) is 22.4 Å². The molecule has 2 bridgehead atoms. The molecule has 2 aromatic carbocycles. The minimum atomic E-state index is 0.0779. The van der Waals surface area contributed by atoms with Gasteiger partial charge in [-0.25, -0.2) is 4.68 Å². The van der Waals surface area contributed by atoms with Crippen molar-refractivity contribution in [3.05, 3.63) is 60.3 Å². The van der Waals surface area contributed by atoms with Gasteiger partial charge in [-0.3, -0.25) is 0 Å². The normalized spacial score (nSPS) is 24.3. The van der Waals surface area contributed by atoms with Gasteiger partial charge in [-0.2, -0.15) is 0 Å². The maximum atomic E-state index is 9.17. The van der Waals surface area contributed by atoms with E-state index in [4.69, 9.17) is 0 Å². The number of nitrogens with zero attached hydrogens (tertiary/aromatic N) is 4. The van der Waals surface area contributed by atoms with Gasteiger partial charge in [-0.05, 0) is 48.5 Å². The topological polar surface area (TPSA) is 54.2 Å². The molecule has 1 atom stereocenters. The monoisotopic (exact) mass is 360 g/mol. The van der Waals surface area contributed by atoms with Crippen LogP contribution in [-0.4, -0.2) is 44.6 Å². The average molecular weight is 360 g/mol. The van der Waals surface area contributed by atoms with Crippen LogP contribution in [0.2, 0.25) is 0 Å². The molecule has 1 N–H and O–H groups in total. The zero-order valence-corrected chi connectivity index (χ0v) is 15.3. The molecule has 4 heterocycles. The van der Waals surface area contributed by atoms with Crippen molar-refractivity contribution in [3.63, 3.8) is 0 Å². The molecule has 0 unspecified atom stereocenters. The standard InChI is InChI=1S/C22H24N4O/c27-15-16-1-3-17(4-2-16)18-5-7-19(8-6-18)21-13-26(24-23-21)22-14-25-11-9-20(22)10-12-25/h1-8,13,20,22,27H,9-12,14-15H2/t22-/m0/s1. The van der Waals surface area contributed by atoms with Crippen molar-refractivity contribution in [2.45, 2.75) is 25.5 Å². The van der Waals surface area contributed by atoms with Crippen molar-refractivity contribution in [1.29, 1.82) is 0 Å². The third kappa shape index (κ3) is 3.17. The number of rotatable bonds is 4. The molecule has 5 heteroatoms. The molecule has 3 aromatic rings. The summed E-state index contributed by atoms with van der Waals surface area (Å²) in [6, 6.07) is 17.0. The van der Waals surface area contributed by atoms with Crippen molar-refractivity contribution in [2.75, 3.05) is 19.6 Å². The van der Waals surface area contributed by atoms with Crippen LogP contribution < -0.4 is 0 Å². The molecule has 5 nitrogen and oxygen atoms in total. The van der Waals surface area contributed by atoms with Crippen LogP contribution in [0, 0.1) is 5.92 Å². The van der Waals surface area contributed by atoms with Crippen LogP contribution in [0.3, 0.4) is 0 Å². The maximum absolute atomic E-state index is 9.17. The molecule has 6 rings (SSSR count). The van der Waals surface area contributed by atoms with E-state index in [2.05, 4.69) is 50.4 Å². The number of hydrogen-bond donors (Lipinski definition) is 1. The van der Waals surface area contributed by atoms with Gasteiger partial charge in [0.25, 0.3) is 0 Å². The van der Waals surface area contributed by atoms with Crippen molar-refractivity contribution >= 4 is 0 Å². The van der Waals surface area contributed by atoms with Gasteiger partial charge < -0.3 is 10.0 Å². The summed E-state index contributed by atoms with van der Waals surface area (Å²) in [6.07, 6.45) is 4.67. The van der Waals surface area contributed by atoms with Gasteiger partial charge in [0.15, 0.2) is 0 Å². The van der Waals surface area contributed by atoms with Gasteiger partial charge in [-0.15, -0.1) is 5.10 Å². The predicted octanol–water partition coefficient (Wildman–Crippen LogP) is 3.37. The largest absolute Gasteiger partial charge is 0.392 e. The van der Waals surface area contributed by atoms with E-state index in [1.165, 1.54) is 25.9 Å². The summed E-state index contributed by atoms with van der Waals surface area (Å²) in [7, 11) is 0. The van der Waals surface area contributed by atoms with Crippen LogP contribution in [-0.2, 0) is 6.61 Å². The number of piperidine rings is 3. The molecule has 3 aliphatic rings. The molecular formula is C22H24N4O. The average Bonchev–Trinajstić information content (AvgIpc) is 3.25. The first-order valence-corrected chi connectivity index (χ1v) is 9.75. The zero-order chi connectivity index (χ0) is 18.2. The number of hydrogen-bond acceptors (Lipinski definition) is 4. The van der Waals surface area contributed by atoms with E-state index in [0.29, 0.717) is 6.04 Å². The van der Waals surface area contributed by atoms with Crippen LogP contribution in [0.15, 0.2) is 54.7 Å². The third-order valence-corrected chi connectivity index (χ3v) is 6.12. The Labute approximate surface area is 159 Å². The van der Waals surface area contributed by atoms with E-state index in [0.717, 1.165) is 40.4 Å². The maximum Gasteiger partial charge on any atom is 0.113 e. The number of aliphatic hydroxyl groups is 1. The smallest absolute Gasteiger partial charge is 0.113 e. The predicted molar refractivity (Wildman–Crippen MR) is 105 cm³/mol. The molecule has 138 valence electrons. The summed E-state index contributed by atoms with van der Waals surface area (Å²) in [4.78, 5) is 2.54. The quantitative estimate of drug-likeness (QED) is 0.775. The highest BCUT2D eigenvalue weighted by molar-refractivity contribution is 5.68. The Balaban J connectivity index is 1.35. The Kier molecular flexibility index (Phi) is 4.26. The Hall–Kier alpha value is -2.50. The Morgan fingerprint density at radius 3 is 2.11 bits per heavy atom. The van der Waals surface area contributed by atoms with Gasteiger partial charge in [-0.1, -0.05) is 53.7 Å². The number of benzene rings is 2. The van der Waals surface area contributed by atoms with E-state index in [1.54, 1.807) is 0 Å². The highest BCUT2D eigenvalue weighted by Crippen LogP contribution is 2.35. The van der Waals surface area contributed by atoms with Gasteiger partial charge in [0.05, 0.1) is 18.8 Å². The van der Waals surface area contributed by atoms with Crippen LogP contribution in [0.5, 0.6) is 0 Å². The lowest BCUT2D eigenvalue weighted by Crippen LogP contribution is -2.48. The molecule has 3 aliphatic heterocycles. The first-order valence-electron chi connectivity index (χ1n) is 9.75. The fourth-order valence-corrected chi connectivity index (χ4v) is 4.44. The first-order chi connectivity index (χ1) is 13.3. The Bertz CT molecular complexity index is 908. The van der Waals surface area contributed by atoms with Gasteiger partial charge >= 0.3 is 0 Å². The first kappa shape index (κ1) is 16.7. The minimum absolute atomic E-state index is 0.0779. The number of aromatic nitrogens is 3. The molecule has 0 amide bonds. The fraction of sp³-hybridized carbons (Fsp3) is 0.364. The van der Waals surface area contributed by atoms with Gasteiger partial charge in [0.1, 0.15) is 5.69 Å². The Morgan fingerprint density at radius 2 is 1.52 bits per heavy atom. The molecule has 0 saturated carbocycles. The van der Waals surface area contributed by atoms with Crippen LogP contribution in [0.25, 0.3) is 22.4 Å². The summed E-state index contributed by atoms with van der Waals surface area (Å²) in [6.45, 7) is 3.66. The van der Waals surface area contributed by atoms with Crippen LogP contribution >= 0.6 is 0 Å². The molecule has 0 radical (unpaired) electrons. The summed E-state index contributed by atoms with van der Waals surface area (Å²) in [5.74, 6) is 0.744. The van der Waals surface area contributed by atoms with Crippen molar-refractivity contribution in [1.82, 2.24) is 19.9 Å². The second kappa shape index (κ2) is 6.91. The molecule has 3 saturated heterocycles. The summed E-state index contributed by atoms with van der Waals surface area (Å²) >= 11 is 0. The summed E-state index contributed by atoms with van der Waals surface area (Å²) in [5.41, 5.74) is 5.27. The fourth-order valence-electron chi connectivity index (χ4n) is 4.44. The summed E-state index contributed by atoms with van der Waals surface area (Å²) in [5, 5.41) is 18.1. The van der Waals surface area contributed by atoms with Crippen LogP contribution in [0.1, 0.15) is 24.4 Å². The molecule has 1 aromatic heterocycles. The molecule has 0 aliphatic carbocycles. The number of aliphatic hydroxyl groups excluding tert-OH is 1. The Morgan fingerprint density at radius 1 is 0.889 bits per heavy atom. The van der Waals surface area contributed by atoms with E-state index < -0.39 is 0 Å². The SMILES string of the molecule is OCc1ccc(-c2ccc(-c3cn([C@H]4CN5CCC4CC5)nn3)cc2)cc1. The second-order valence-electron chi connectivity index (χ2n) is 7.72. The van der Waals surface area contributed by atoms with Gasteiger partial charge in [0.2, 0.25) is 0 Å². The summed E-state index contributed by atoms with van der Waals surface area (Å²) < 4.78 is 2.09. The molecule has 0 spiro atoms. The van der Waals surface area contributed by atoms with Crippen molar-refractivity contribution in [2.24, 2.45) is 5.92 Å². The highest BCUT2D eigenvalue weighted by Gasteiger charge is 2.35. The molecule has 27 heavy (non-hydrogen) atoms. The van der Waals surface area contributed by atoms with E-state index >= 15 is 0 Å². The molecule has 3 fully saturated rings. The minimum Gasteiger partial charge on any atom is -0.392 e. The van der Waals surface area contributed by atoms with Gasteiger partial charge in [0, 0.05) is 12.1 Å². The van der Waals surface area contributed by atoms with E-state index in [-0.39, 0.29) is 6.61 Å². The lowest BCUT2D eigenvalue weighted by molar-refractivity contribution is 0.0504. The zero-order valence-electron chi connectivity index (χ0n) is 15.3. The van der Waals surface area contributed by atoms with E-state index in [1.807, 2.05) is 24.3 Å².